The molecule has 0 unspecified atom stereocenters. The summed E-state index contributed by atoms with van der Waals surface area (Å²) in [6, 6.07) is 10.6. The molecule has 0 bridgehead atoms. The molecule has 0 aliphatic carbocycles. The highest BCUT2D eigenvalue weighted by Gasteiger charge is 2.32. The lowest BCUT2D eigenvalue weighted by Gasteiger charge is -2.28. The Labute approximate surface area is 134 Å². The number of hydrogen-bond acceptors (Lipinski definition) is 4. The van der Waals surface area contributed by atoms with E-state index < -0.39 is 11.4 Å². The number of carbonyl (C=O) groups excluding carboxylic acids is 1. The molecule has 0 spiro atoms. The Hall–Kier alpha value is -2.11. The number of hydrogen-bond donors (Lipinski definition) is 2. The fraction of sp³-hybridized carbons (Fsp3) is 0.250. The van der Waals surface area contributed by atoms with Gasteiger partial charge in [0.1, 0.15) is 11.3 Å². The Morgan fingerprint density at radius 2 is 2.18 bits per heavy atom. The van der Waals surface area contributed by atoms with Crippen LogP contribution in [0.1, 0.15) is 18.2 Å². The number of nitrogens with two attached hydrogens (primary N) is 1. The van der Waals surface area contributed by atoms with Gasteiger partial charge < -0.3 is 10.5 Å². The molecule has 5 nitrogen and oxygen atoms in total. The van der Waals surface area contributed by atoms with Crippen molar-refractivity contribution in [2.24, 2.45) is 5.73 Å². The second kappa shape index (κ2) is 6.77. The lowest BCUT2D eigenvalue weighted by Crippen LogP contribution is -2.50. The number of pyridine rings is 1. The first kappa shape index (κ1) is 16.3. The van der Waals surface area contributed by atoms with Crippen LogP contribution in [0.3, 0.4) is 0 Å². The van der Waals surface area contributed by atoms with Crippen molar-refractivity contribution in [3.63, 3.8) is 0 Å². The van der Waals surface area contributed by atoms with Crippen LogP contribution in [0.15, 0.2) is 42.6 Å². The van der Waals surface area contributed by atoms with Gasteiger partial charge >= 0.3 is 0 Å². The zero-order chi connectivity index (χ0) is 16.2. The Morgan fingerprint density at radius 3 is 2.82 bits per heavy atom. The Balaban J connectivity index is 2.23. The van der Waals surface area contributed by atoms with Gasteiger partial charge in [0.05, 0.1) is 12.8 Å². The molecule has 0 aliphatic rings. The minimum Gasteiger partial charge on any atom is -0.497 e. The standard InChI is InChI=1S/C16H18ClN3O2/c1-16(15(18)21,11-4-3-5-12(17)8-11)20-10-13-9-14(22-2)6-7-19-13/h3-9,20H,10H2,1-2H3,(H2,18,21)/t16-/m1/s1. The summed E-state index contributed by atoms with van der Waals surface area (Å²) in [5.74, 6) is 0.216. The summed E-state index contributed by atoms with van der Waals surface area (Å²) in [6.07, 6.45) is 1.65. The summed E-state index contributed by atoms with van der Waals surface area (Å²) >= 11 is 6.00. The molecule has 3 N–H and O–H groups in total. The molecule has 1 aromatic carbocycles. The minimum absolute atomic E-state index is 0.364. The van der Waals surface area contributed by atoms with Crippen LogP contribution in [0.2, 0.25) is 5.02 Å². The van der Waals surface area contributed by atoms with Crippen molar-refractivity contribution in [3.05, 3.63) is 58.9 Å². The second-order valence-electron chi connectivity index (χ2n) is 5.04. The van der Waals surface area contributed by atoms with Gasteiger partial charge in [-0.3, -0.25) is 15.1 Å². The Kier molecular flexibility index (Phi) is 5.00. The van der Waals surface area contributed by atoms with Crippen LogP contribution in [0.25, 0.3) is 0 Å². The van der Waals surface area contributed by atoms with Gasteiger partial charge in [-0.15, -0.1) is 0 Å². The number of methoxy groups -OCH3 is 1. The molecule has 1 heterocycles. The quantitative estimate of drug-likeness (QED) is 0.856. The summed E-state index contributed by atoms with van der Waals surface area (Å²) < 4.78 is 5.16. The minimum atomic E-state index is -1.05. The van der Waals surface area contributed by atoms with Gasteiger partial charge in [0.15, 0.2) is 0 Å². The van der Waals surface area contributed by atoms with Crippen LogP contribution in [0.4, 0.5) is 0 Å². The molecule has 0 aliphatic heterocycles. The highest BCUT2D eigenvalue weighted by atomic mass is 35.5. The predicted molar refractivity (Wildman–Crippen MR) is 85.6 cm³/mol. The van der Waals surface area contributed by atoms with Crippen molar-refractivity contribution in [2.45, 2.75) is 19.0 Å². The number of primary amides is 1. The number of nitrogens with zero attached hydrogens (tertiary/aromatic N) is 1. The third-order valence-electron chi connectivity index (χ3n) is 3.54. The van der Waals surface area contributed by atoms with Crippen molar-refractivity contribution in [1.29, 1.82) is 0 Å². The van der Waals surface area contributed by atoms with E-state index in [4.69, 9.17) is 22.1 Å². The number of carbonyl (C=O) groups is 1. The number of benzene rings is 1. The van der Waals surface area contributed by atoms with E-state index in [-0.39, 0.29) is 0 Å². The van der Waals surface area contributed by atoms with E-state index in [0.717, 1.165) is 5.69 Å². The highest BCUT2D eigenvalue weighted by molar-refractivity contribution is 6.30. The summed E-state index contributed by atoms with van der Waals surface area (Å²) in [5, 5.41) is 3.70. The van der Waals surface area contributed by atoms with Gasteiger partial charge in [0, 0.05) is 23.8 Å². The largest absolute Gasteiger partial charge is 0.497 e. The smallest absolute Gasteiger partial charge is 0.242 e. The summed E-state index contributed by atoms with van der Waals surface area (Å²) in [6.45, 7) is 2.09. The van der Waals surface area contributed by atoms with Crippen LogP contribution in [-0.4, -0.2) is 18.0 Å². The molecule has 1 atom stereocenters. The van der Waals surface area contributed by atoms with Gasteiger partial charge in [0.2, 0.25) is 5.91 Å². The van der Waals surface area contributed by atoms with Gasteiger partial charge in [-0.1, -0.05) is 23.7 Å². The number of amides is 1. The zero-order valence-corrected chi connectivity index (χ0v) is 13.2. The fourth-order valence-electron chi connectivity index (χ4n) is 2.08. The molecular formula is C16H18ClN3O2. The molecule has 2 rings (SSSR count). The summed E-state index contributed by atoms with van der Waals surface area (Å²) in [5.41, 5.74) is 5.99. The molecule has 116 valence electrons. The van der Waals surface area contributed by atoms with Gasteiger partial charge in [0.25, 0.3) is 0 Å². The van der Waals surface area contributed by atoms with Crippen molar-refractivity contribution in [2.75, 3.05) is 7.11 Å². The monoisotopic (exact) mass is 319 g/mol. The molecule has 0 saturated heterocycles. The molecule has 1 amide bonds. The lowest BCUT2D eigenvalue weighted by molar-refractivity contribution is -0.124. The highest BCUT2D eigenvalue weighted by Crippen LogP contribution is 2.24. The maximum atomic E-state index is 11.9. The van der Waals surface area contributed by atoms with Crippen LogP contribution in [0.5, 0.6) is 5.75 Å². The van der Waals surface area contributed by atoms with Crippen LogP contribution < -0.4 is 15.8 Å². The average Bonchev–Trinajstić information content (AvgIpc) is 2.52. The molecule has 0 saturated carbocycles. The van der Waals surface area contributed by atoms with Crippen molar-refractivity contribution in [3.8, 4) is 5.75 Å². The van der Waals surface area contributed by atoms with E-state index in [2.05, 4.69) is 10.3 Å². The Bertz CT molecular complexity index is 678. The maximum Gasteiger partial charge on any atom is 0.242 e. The average molecular weight is 320 g/mol. The second-order valence-corrected chi connectivity index (χ2v) is 5.48. The number of nitrogens with one attached hydrogen (secondary N) is 1. The van der Waals surface area contributed by atoms with Crippen molar-refractivity contribution < 1.29 is 9.53 Å². The number of rotatable bonds is 6. The molecule has 6 heteroatoms. The fourth-order valence-corrected chi connectivity index (χ4v) is 2.27. The Morgan fingerprint density at radius 1 is 1.41 bits per heavy atom. The van der Waals surface area contributed by atoms with Crippen molar-refractivity contribution in [1.82, 2.24) is 10.3 Å². The predicted octanol–water partition coefficient (Wildman–Crippen LogP) is 2.23. The van der Waals surface area contributed by atoms with E-state index in [1.807, 2.05) is 6.07 Å². The summed E-state index contributed by atoms with van der Waals surface area (Å²) in [4.78, 5) is 16.2. The molecule has 0 radical (unpaired) electrons. The molecule has 1 aromatic heterocycles. The molecule has 22 heavy (non-hydrogen) atoms. The van der Waals surface area contributed by atoms with E-state index >= 15 is 0 Å². The first-order chi connectivity index (χ1) is 10.5. The van der Waals surface area contributed by atoms with E-state index in [9.17, 15) is 4.79 Å². The maximum absolute atomic E-state index is 11.9. The van der Waals surface area contributed by atoms with E-state index in [1.165, 1.54) is 0 Å². The topological polar surface area (TPSA) is 77.2 Å². The number of aromatic nitrogens is 1. The summed E-state index contributed by atoms with van der Waals surface area (Å²) in [7, 11) is 1.59. The van der Waals surface area contributed by atoms with E-state index in [0.29, 0.717) is 22.9 Å². The third-order valence-corrected chi connectivity index (χ3v) is 3.78. The number of halogens is 1. The van der Waals surface area contributed by atoms with Crippen LogP contribution >= 0.6 is 11.6 Å². The first-order valence-electron chi connectivity index (χ1n) is 6.75. The molecule has 2 aromatic rings. The van der Waals surface area contributed by atoms with Crippen LogP contribution in [0, 0.1) is 0 Å². The van der Waals surface area contributed by atoms with Gasteiger partial charge in [-0.2, -0.15) is 0 Å². The lowest BCUT2D eigenvalue weighted by atomic mass is 9.91. The van der Waals surface area contributed by atoms with E-state index in [1.54, 1.807) is 50.6 Å². The normalized spacial score (nSPS) is 13.4. The van der Waals surface area contributed by atoms with Gasteiger partial charge in [-0.05, 0) is 30.7 Å². The zero-order valence-electron chi connectivity index (χ0n) is 12.5. The third kappa shape index (κ3) is 3.55. The van der Waals surface area contributed by atoms with Crippen molar-refractivity contribution >= 4 is 17.5 Å². The number of ether oxygens (including phenoxy) is 1. The molecule has 0 fully saturated rings. The van der Waals surface area contributed by atoms with Crippen LogP contribution in [-0.2, 0) is 16.9 Å². The SMILES string of the molecule is COc1ccnc(CN[C@@](C)(C(N)=O)c2cccc(Cl)c2)c1. The first-order valence-corrected chi connectivity index (χ1v) is 7.13. The van der Waals surface area contributed by atoms with Gasteiger partial charge in [-0.25, -0.2) is 0 Å². The molecular weight excluding hydrogens is 302 g/mol.